The van der Waals surface area contributed by atoms with E-state index < -0.39 is 5.82 Å². The number of benzene rings is 2. The average molecular weight is 326 g/mol. The highest BCUT2D eigenvalue weighted by Gasteiger charge is 2.18. The van der Waals surface area contributed by atoms with Crippen LogP contribution in [0, 0.1) is 5.82 Å². The van der Waals surface area contributed by atoms with E-state index in [1.54, 1.807) is 18.2 Å². The van der Waals surface area contributed by atoms with Crippen molar-refractivity contribution in [3.05, 3.63) is 71.5 Å². The molecule has 126 valence electrons. The van der Waals surface area contributed by atoms with Gasteiger partial charge in [-0.1, -0.05) is 42.5 Å². The lowest BCUT2D eigenvalue weighted by molar-refractivity contribution is 0.0919. The lowest BCUT2D eigenvalue weighted by Crippen LogP contribution is -2.46. The molecule has 1 aliphatic rings. The van der Waals surface area contributed by atoms with E-state index in [4.69, 9.17) is 0 Å². The van der Waals surface area contributed by atoms with Crippen molar-refractivity contribution in [2.75, 3.05) is 32.7 Å². The van der Waals surface area contributed by atoms with Gasteiger partial charge in [0.2, 0.25) is 0 Å². The summed E-state index contributed by atoms with van der Waals surface area (Å²) in [6.07, 6.45) is 0.375. The summed E-state index contributed by atoms with van der Waals surface area (Å²) < 4.78 is 13.6. The Kier molecular flexibility index (Phi) is 5.72. The molecular formula is C20H23FN2O. The number of Topliss-reactive ketones (excluding diaryl/α,β-unsaturated/α-hetero) is 1. The van der Waals surface area contributed by atoms with E-state index in [-0.39, 0.29) is 11.3 Å². The molecule has 4 heteroatoms. The van der Waals surface area contributed by atoms with Crippen LogP contribution in [0.2, 0.25) is 0 Å². The van der Waals surface area contributed by atoms with Gasteiger partial charge in [0, 0.05) is 45.7 Å². The molecule has 1 aliphatic heterocycles. The molecule has 0 saturated carbocycles. The van der Waals surface area contributed by atoms with Crippen LogP contribution in [-0.4, -0.2) is 48.3 Å². The average Bonchev–Trinajstić information content (AvgIpc) is 2.62. The molecule has 2 aromatic carbocycles. The van der Waals surface area contributed by atoms with Crippen molar-refractivity contribution < 1.29 is 9.18 Å². The van der Waals surface area contributed by atoms with Gasteiger partial charge in [0.1, 0.15) is 5.82 Å². The molecule has 0 bridgehead atoms. The van der Waals surface area contributed by atoms with Crippen molar-refractivity contribution in [3.8, 4) is 0 Å². The number of nitrogens with zero attached hydrogens (tertiary/aromatic N) is 2. The van der Waals surface area contributed by atoms with Gasteiger partial charge in [-0.2, -0.15) is 0 Å². The Morgan fingerprint density at radius 2 is 1.50 bits per heavy atom. The second-order valence-electron chi connectivity index (χ2n) is 6.26. The topological polar surface area (TPSA) is 23.6 Å². The predicted molar refractivity (Wildman–Crippen MR) is 93.5 cm³/mol. The van der Waals surface area contributed by atoms with Gasteiger partial charge in [-0.25, -0.2) is 4.39 Å². The monoisotopic (exact) mass is 326 g/mol. The molecule has 0 amide bonds. The molecule has 0 aromatic heterocycles. The molecule has 0 atom stereocenters. The van der Waals surface area contributed by atoms with Crippen molar-refractivity contribution >= 4 is 5.78 Å². The Labute approximate surface area is 142 Å². The van der Waals surface area contributed by atoms with Crippen molar-refractivity contribution in [2.24, 2.45) is 0 Å². The highest BCUT2D eigenvalue weighted by Crippen LogP contribution is 2.12. The van der Waals surface area contributed by atoms with Crippen LogP contribution in [0.4, 0.5) is 4.39 Å². The number of hydrogen-bond acceptors (Lipinski definition) is 3. The molecule has 0 radical (unpaired) electrons. The van der Waals surface area contributed by atoms with Gasteiger partial charge in [-0.15, -0.1) is 0 Å². The summed E-state index contributed by atoms with van der Waals surface area (Å²) >= 11 is 0. The van der Waals surface area contributed by atoms with Crippen LogP contribution >= 0.6 is 0 Å². The number of carbonyl (C=O) groups excluding carboxylic acids is 1. The minimum absolute atomic E-state index is 0.111. The van der Waals surface area contributed by atoms with Crippen LogP contribution < -0.4 is 0 Å². The predicted octanol–water partition coefficient (Wildman–Crippen LogP) is 3.22. The molecule has 1 saturated heterocycles. The number of carbonyl (C=O) groups is 1. The molecule has 0 N–H and O–H groups in total. The van der Waals surface area contributed by atoms with Crippen LogP contribution in [0.1, 0.15) is 22.3 Å². The van der Waals surface area contributed by atoms with Gasteiger partial charge < -0.3 is 4.90 Å². The van der Waals surface area contributed by atoms with Gasteiger partial charge in [0.25, 0.3) is 0 Å². The van der Waals surface area contributed by atoms with Gasteiger partial charge in [0.05, 0.1) is 5.56 Å². The van der Waals surface area contributed by atoms with Crippen molar-refractivity contribution in [1.82, 2.24) is 9.80 Å². The number of ketones is 1. The minimum Gasteiger partial charge on any atom is -0.300 e. The summed E-state index contributed by atoms with van der Waals surface area (Å²) in [7, 11) is 0. The third-order valence-electron chi connectivity index (χ3n) is 4.54. The zero-order chi connectivity index (χ0) is 16.8. The summed E-state index contributed by atoms with van der Waals surface area (Å²) in [6.45, 7) is 5.59. The fourth-order valence-electron chi connectivity index (χ4n) is 3.09. The van der Waals surface area contributed by atoms with Crippen LogP contribution in [-0.2, 0) is 6.54 Å². The molecular weight excluding hydrogens is 303 g/mol. The van der Waals surface area contributed by atoms with Gasteiger partial charge >= 0.3 is 0 Å². The largest absolute Gasteiger partial charge is 0.300 e. The zero-order valence-corrected chi connectivity index (χ0v) is 13.8. The Morgan fingerprint density at radius 3 is 2.21 bits per heavy atom. The lowest BCUT2D eigenvalue weighted by Gasteiger charge is -2.34. The SMILES string of the molecule is O=C(CCN1CCN(Cc2ccccc2)CC1)c1ccccc1F. The first kappa shape index (κ1) is 16.8. The molecule has 3 nitrogen and oxygen atoms in total. The Hall–Kier alpha value is -2.04. The Bertz CT molecular complexity index is 666. The van der Waals surface area contributed by atoms with E-state index in [9.17, 15) is 9.18 Å². The Balaban J connectivity index is 1.43. The van der Waals surface area contributed by atoms with Crippen LogP contribution in [0.5, 0.6) is 0 Å². The highest BCUT2D eigenvalue weighted by atomic mass is 19.1. The van der Waals surface area contributed by atoms with Crippen LogP contribution in [0.3, 0.4) is 0 Å². The van der Waals surface area contributed by atoms with Gasteiger partial charge in [0.15, 0.2) is 5.78 Å². The number of hydrogen-bond donors (Lipinski definition) is 0. The van der Waals surface area contributed by atoms with Gasteiger partial charge in [-0.3, -0.25) is 9.69 Å². The Morgan fingerprint density at radius 1 is 0.875 bits per heavy atom. The van der Waals surface area contributed by atoms with E-state index in [0.29, 0.717) is 13.0 Å². The van der Waals surface area contributed by atoms with Crippen LogP contribution in [0.25, 0.3) is 0 Å². The maximum absolute atomic E-state index is 13.6. The van der Waals surface area contributed by atoms with Crippen molar-refractivity contribution in [2.45, 2.75) is 13.0 Å². The van der Waals surface area contributed by atoms with E-state index in [1.807, 2.05) is 6.07 Å². The molecule has 0 spiro atoms. The quantitative estimate of drug-likeness (QED) is 0.762. The standard InChI is InChI=1S/C20H23FN2O/c21-19-9-5-4-8-18(19)20(24)10-11-22-12-14-23(15-13-22)16-17-6-2-1-3-7-17/h1-9H,10-16H2. The maximum Gasteiger partial charge on any atom is 0.167 e. The third-order valence-corrected chi connectivity index (χ3v) is 4.54. The van der Waals surface area contributed by atoms with Crippen molar-refractivity contribution in [1.29, 1.82) is 0 Å². The second kappa shape index (κ2) is 8.18. The molecule has 2 aromatic rings. The number of halogens is 1. The molecule has 0 unspecified atom stereocenters. The first-order valence-corrected chi connectivity index (χ1v) is 8.49. The second-order valence-corrected chi connectivity index (χ2v) is 6.26. The fourth-order valence-corrected chi connectivity index (χ4v) is 3.09. The third kappa shape index (κ3) is 4.49. The fraction of sp³-hybridized carbons (Fsp3) is 0.350. The molecule has 1 fully saturated rings. The van der Waals surface area contributed by atoms with E-state index in [1.165, 1.54) is 11.6 Å². The van der Waals surface area contributed by atoms with Crippen molar-refractivity contribution in [3.63, 3.8) is 0 Å². The van der Waals surface area contributed by atoms with E-state index in [0.717, 1.165) is 32.7 Å². The smallest absolute Gasteiger partial charge is 0.167 e. The first-order chi connectivity index (χ1) is 11.7. The summed E-state index contributed by atoms with van der Waals surface area (Å²) in [5, 5.41) is 0. The van der Waals surface area contributed by atoms with Gasteiger partial charge in [-0.05, 0) is 17.7 Å². The first-order valence-electron chi connectivity index (χ1n) is 8.49. The maximum atomic E-state index is 13.6. The number of rotatable bonds is 6. The molecule has 1 heterocycles. The zero-order valence-electron chi connectivity index (χ0n) is 13.8. The van der Waals surface area contributed by atoms with E-state index in [2.05, 4.69) is 34.1 Å². The number of piperazine rings is 1. The highest BCUT2D eigenvalue weighted by molar-refractivity contribution is 5.96. The summed E-state index contributed by atoms with van der Waals surface area (Å²) in [4.78, 5) is 16.9. The summed E-state index contributed by atoms with van der Waals surface area (Å²) in [5.74, 6) is -0.532. The molecule has 0 aliphatic carbocycles. The summed E-state index contributed by atoms with van der Waals surface area (Å²) in [5.41, 5.74) is 1.54. The molecule has 24 heavy (non-hydrogen) atoms. The normalized spacial score (nSPS) is 16.2. The van der Waals surface area contributed by atoms with E-state index >= 15 is 0 Å². The van der Waals surface area contributed by atoms with Crippen LogP contribution in [0.15, 0.2) is 54.6 Å². The summed E-state index contributed by atoms with van der Waals surface area (Å²) in [6, 6.07) is 16.7. The molecule has 3 rings (SSSR count). The lowest BCUT2D eigenvalue weighted by atomic mass is 10.1. The minimum atomic E-state index is -0.421.